The SMILES string of the molecule is CC1CN(C(N)=NCc2ccc(-c3nc4ccccc4s3)o2)CCO1.I. The zero-order valence-corrected chi connectivity index (χ0v) is 17.6. The Bertz CT molecular complexity index is 874. The monoisotopic (exact) mass is 484 g/mol. The van der Waals surface area contributed by atoms with E-state index in [4.69, 9.17) is 14.9 Å². The van der Waals surface area contributed by atoms with Gasteiger partial charge in [0.2, 0.25) is 0 Å². The molecule has 1 unspecified atom stereocenters. The van der Waals surface area contributed by atoms with Crippen LogP contribution < -0.4 is 5.73 Å². The van der Waals surface area contributed by atoms with Crippen LogP contribution in [-0.2, 0) is 11.3 Å². The van der Waals surface area contributed by atoms with Crippen LogP contribution in [-0.4, -0.2) is 41.6 Å². The number of aliphatic imine (C=N–C) groups is 1. The molecule has 1 saturated heterocycles. The summed E-state index contributed by atoms with van der Waals surface area (Å²) >= 11 is 1.62. The lowest BCUT2D eigenvalue weighted by Crippen LogP contribution is -2.47. The summed E-state index contributed by atoms with van der Waals surface area (Å²) in [5.41, 5.74) is 7.09. The van der Waals surface area contributed by atoms with Crippen LogP contribution in [0.1, 0.15) is 12.7 Å². The van der Waals surface area contributed by atoms with Crippen molar-refractivity contribution in [3.63, 3.8) is 0 Å². The van der Waals surface area contributed by atoms with Crippen LogP contribution in [0.3, 0.4) is 0 Å². The summed E-state index contributed by atoms with van der Waals surface area (Å²) in [6.45, 7) is 4.68. The molecular formula is C18H21IN4O2S. The highest BCUT2D eigenvalue weighted by Gasteiger charge is 2.18. The molecule has 4 rings (SSSR count). The van der Waals surface area contributed by atoms with E-state index >= 15 is 0 Å². The number of rotatable bonds is 3. The molecule has 8 heteroatoms. The number of ether oxygens (including phenoxy) is 1. The fraction of sp³-hybridized carbons (Fsp3) is 0.333. The van der Waals surface area contributed by atoms with E-state index in [0.29, 0.717) is 19.1 Å². The number of hydrogen-bond donors (Lipinski definition) is 1. The van der Waals surface area contributed by atoms with Crippen LogP contribution in [0.2, 0.25) is 0 Å². The van der Waals surface area contributed by atoms with Crippen LogP contribution in [0, 0.1) is 0 Å². The van der Waals surface area contributed by atoms with Crippen molar-refractivity contribution in [3.8, 4) is 10.8 Å². The van der Waals surface area contributed by atoms with Gasteiger partial charge in [-0.25, -0.2) is 9.98 Å². The summed E-state index contributed by atoms with van der Waals surface area (Å²) in [5, 5.41) is 0.881. The highest BCUT2D eigenvalue weighted by Crippen LogP contribution is 2.31. The molecule has 0 radical (unpaired) electrons. The number of benzene rings is 1. The van der Waals surface area contributed by atoms with Crippen molar-refractivity contribution in [3.05, 3.63) is 42.2 Å². The van der Waals surface area contributed by atoms with Gasteiger partial charge in [0, 0.05) is 13.1 Å². The predicted octanol–water partition coefficient (Wildman–Crippen LogP) is 3.71. The van der Waals surface area contributed by atoms with Gasteiger partial charge >= 0.3 is 0 Å². The first-order valence-electron chi connectivity index (χ1n) is 8.30. The molecule has 1 fully saturated rings. The first-order valence-corrected chi connectivity index (χ1v) is 9.12. The van der Waals surface area contributed by atoms with E-state index in [1.54, 1.807) is 11.3 Å². The van der Waals surface area contributed by atoms with E-state index in [2.05, 4.69) is 16.0 Å². The van der Waals surface area contributed by atoms with Gasteiger partial charge in [0.15, 0.2) is 16.7 Å². The fourth-order valence-corrected chi connectivity index (χ4v) is 3.77. The van der Waals surface area contributed by atoms with E-state index in [9.17, 15) is 0 Å². The quantitative estimate of drug-likeness (QED) is 0.349. The summed E-state index contributed by atoms with van der Waals surface area (Å²) in [5.74, 6) is 2.08. The number of fused-ring (bicyclic) bond motifs is 1. The molecule has 2 aromatic heterocycles. The Balaban J connectivity index is 0.00000196. The van der Waals surface area contributed by atoms with E-state index in [1.807, 2.05) is 42.2 Å². The first-order chi connectivity index (χ1) is 12.2. The normalized spacial score (nSPS) is 18.1. The average Bonchev–Trinajstić information content (AvgIpc) is 3.26. The second-order valence-electron chi connectivity index (χ2n) is 6.05. The minimum absolute atomic E-state index is 0. The van der Waals surface area contributed by atoms with Crippen molar-refractivity contribution >= 4 is 51.5 Å². The molecule has 0 aliphatic carbocycles. The Hall–Kier alpha value is -1.65. The molecule has 3 aromatic rings. The topological polar surface area (TPSA) is 76.9 Å². The third-order valence-electron chi connectivity index (χ3n) is 4.13. The number of aromatic nitrogens is 1. The Morgan fingerprint density at radius 1 is 1.35 bits per heavy atom. The summed E-state index contributed by atoms with van der Waals surface area (Å²) < 4.78 is 12.6. The molecule has 3 heterocycles. The lowest BCUT2D eigenvalue weighted by molar-refractivity contribution is 0.00528. The standard InChI is InChI=1S/C18H20N4O2S.HI/c1-12-11-22(8-9-23-12)18(19)20-10-13-6-7-15(24-13)17-21-14-4-2-3-5-16(14)25-17;/h2-7,12H,8-11H2,1H3,(H2,19,20);1H. The number of nitrogens with zero attached hydrogens (tertiary/aromatic N) is 3. The smallest absolute Gasteiger partial charge is 0.191 e. The second-order valence-corrected chi connectivity index (χ2v) is 7.09. The molecule has 26 heavy (non-hydrogen) atoms. The summed E-state index contributed by atoms with van der Waals surface area (Å²) in [7, 11) is 0. The number of halogens is 1. The van der Waals surface area contributed by atoms with Crippen molar-refractivity contribution in [1.82, 2.24) is 9.88 Å². The van der Waals surface area contributed by atoms with Crippen LogP contribution in [0.4, 0.5) is 0 Å². The van der Waals surface area contributed by atoms with Crippen molar-refractivity contribution in [2.24, 2.45) is 10.7 Å². The number of morpholine rings is 1. The molecule has 1 aliphatic heterocycles. The minimum atomic E-state index is 0. The molecule has 0 amide bonds. The number of furan rings is 1. The molecule has 2 N–H and O–H groups in total. The van der Waals surface area contributed by atoms with E-state index < -0.39 is 0 Å². The Kier molecular flexibility index (Phi) is 6.15. The van der Waals surface area contributed by atoms with E-state index in [1.165, 1.54) is 0 Å². The Labute approximate surface area is 173 Å². The van der Waals surface area contributed by atoms with Gasteiger partial charge in [-0.3, -0.25) is 0 Å². The van der Waals surface area contributed by atoms with Gasteiger partial charge < -0.3 is 19.8 Å². The zero-order chi connectivity index (χ0) is 17.2. The van der Waals surface area contributed by atoms with Gasteiger partial charge in [-0.2, -0.15) is 0 Å². The summed E-state index contributed by atoms with van der Waals surface area (Å²) in [6.07, 6.45) is 0.178. The van der Waals surface area contributed by atoms with Gasteiger partial charge in [-0.15, -0.1) is 35.3 Å². The van der Waals surface area contributed by atoms with Gasteiger partial charge in [-0.05, 0) is 31.2 Å². The first kappa shape index (κ1) is 19.1. The summed E-state index contributed by atoms with van der Waals surface area (Å²) in [6, 6.07) is 11.9. The summed E-state index contributed by atoms with van der Waals surface area (Å²) in [4.78, 5) is 11.1. The average molecular weight is 484 g/mol. The van der Waals surface area contributed by atoms with E-state index in [-0.39, 0.29) is 30.1 Å². The van der Waals surface area contributed by atoms with Crippen LogP contribution in [0.15, 0.2) is 45.8 Å². The highest BCUT2D eigenvalue weighted by molar-refractivity contribution is 14.0. The zero-order valence-electron chi connectivity index (χ0n) is 14.4. The van der Waals surface area contributed by atoms with Crippen LogP contribution in [0.25, 0.3) is 21.0 Å². The Morgan fingerprint density at radius 3 is 3.00 bits per heavy atom. The van der Waals surface area contributed by atoms with Crippen molar-refractivity contribution in [2.45, 2.75) is 19.6 Å². The maximum Gasteiger partial charge on any atom is 0.191 e. The molecule has 1 aromatic carbocycles. The van der Waals surface area contributed by atoms with Gasteiger partial charge in [0.25, 0.3) is 0 Å². The van der Waals surface area contributed by atoms with Crippen LogP contribution >= 0.6 is 35.3 Å². The third-order valence-corrected chi connectivity index (χ3v) is 5.18. The lowest BCUT2D eigenvalue weighted by Gasteiger charge is -2.31. The van der Waals surface area contributed by atoms with Gasteiger partial charge in [-0.1, -0.05) is 12.1 Å². The number of nitrogens with two attached hydrogens (primary N) is 1. The largest absolute Gasteiger partial charge is 0.457 e. The second kappa shape index (κ2) is 8.36. The Morgan fingerprint density at radius 2 is 2.19 bits per heavy atom. The van der Waals surface area contributed by atoms with Crippen molar-refractivity contribution in [2.75, 3.05) is 19.7 Å². The third kappa shape index (κ3) is 4.18. The molecule has 0 spiro atoms. The maximum atomic E-state index is 6.10. The van der Waals surface area contributed by atoms with Gasteiger partial charge in [0.1, 0.15) is 12.3 Å². The molecule has 0 saturated carbocycles. The highest BCUT2D eigenvalue weighted by atomic mass is 127. The molecule has 1 aliphatic rings. The van der Waals surface area contributed by atoms with Crippen molar-refractivity contribution in [1.29, 1.82) is 0 Å². The van der Waals surface area contributed by atoms with Crippen molar-refractivity contribution < 1.29 is 9.15 Å². The minimum Gasteiger partial charge on any atom is -0.457 e. The van der Waals surface area contributed by atoms with E-state index in [0.717, 1.165) is 39.8 Å². The predicted molar refractivity (Wildman–Crippen MR) is 115 cm³/mol. The molecule has 6 nitrogen and oxygen atoms in total. The van der Waals surface area contributed by atoms with Crippen LogP contribution in [0.5, 0.6) is 0 Å². The number of para-hydroxylation sites is 1. The molecule has 138 valence electrons. The maximum absolute atomic E-state index is 6.10. The number of hydrogen-bond acceptors (Lipinski definition) is 5. The number of thiazole rings is 1. The molecular weight excluding hydrogens is 463 g/mol. The lowest BCUT2D eigenvalue weighted by atomic mass is 10.3. The number of guanidine groups is 1. The molecule has 1 atom stereocenters. The molecule has 0 bridgehead atoms. The van der Waals surface area contributed by atoms with Gasteiger partial charge in [0.05, 0.1) is 22.9 Å². The fourth-order valence-electron chi connectivity index (χ4n) is 2.84.